The van der Waals surface area contributed by atoms with Gasteiger partial charge in [0, 0.05) is 57.4 Å². The molecule has 2 aromatic rings. The lowest BCUT2D eigenvalue weighted by Crippen LogP contribution is -2.34. The first-order chi connectivity index (χ1) is 10.2. The number of hydrogen-bond donors (Lipinski definition) is 0. The monoisotopic (exact) mass is 282 g/mol. The molecule has 1 atom stereocenters. The summed E-state index contributed by atoms with van der Waals surface area (Å²) in [7, 11) is 4.08. The molecule has 4 nitrogen and oxygen atoms in total. The van der Waals surface area contributed by atoms with Crippen molar-refractivity contribution >= 4 is 11.5 Å². The van der Waals surface area contributed by atoms with Crippen LogP contribution >= 0.6 is 0 Å². The third-order valence-corrected chi connectivity index (χ3v) is 4.15. The predicted octanol–water partition coefficient (Wildman–Crippen LogP) is 2.93. The Hall–Kier alpha value is -2.10. The Morgan fingerprint density at radius 2 is 1.95 bits per heavy atom. The second-order valence-corrected chi connectivity index (χ2v) is 5.83. The summed E-state index contributed by atoms with van der Waals surface area (Å²) in [6.45, 7) is 2.20. The Kier molecular flexibility index (Phi) is 4.04. The minimum atomic E-state index is 0.577. The maximum absolute atomic E-state index is 4.41. The molecule has 1 aliphatic rings. The van der Waals surface area contributed by atoms with E-state index in [-0.39, 0.29) is 0 Å². The van der Waals surface area contributed by atoms with E-state index in [0.717, 1.165) is 18.9 Å². The second-order valence-electron chi connectivity index (χ2n) is 5.83. The summed E-state index contributed by atoms with van der Waals surface area (Å²) >= 11 is 0. The quantitative estimate of drug-likeness (QED) is 0.866. The highest BCUT2D eigenvalue weighted by atomic mass is 15.1. The van der Waals surface area contributed by atoms with Crippen molar-refractivity contribution in [1.29, 1.82) is 0 Å². The van der Waals surface area contributed by atoms with Crippen LogP contribution in [-0.2, 0) is 0 Å². The average Bonchev–Trinajstić information content (AvgIpc) is 2.56. The molecule has 3 heterocycles. The molecule has 1 fully saturated rings. The van der Waals surface area contributed by atoms with Crippen molar-refractivity contribution in [2.45, 2.75) is 18.8 Å². The zero-order valence-corrected chi connectivity index (χ0v) is 12.7. The fourth-order valence-corrected chi connectivity index (χ4v) is 2.97. The van der Waals surface area contributed by atoms with Crippen LogP contribution in [0.1, 0.15) is 24.3 Å². The fourth-order valence-electron chi connectivity index (χ4n) is 2.97. The standard InChI is InChI=1S/C17H22N4/c1-20(2)17-12-14(5-10-19-17)15-4-3-11-21(13-15)16-6-8-18-9-7-16/h5-10,12,15H,3-4,11,13H2,1-2H3/t15-/m0/s1. The molecule has 0 unspecified atom stereocenters. The van der Waals surface area contributed by atoms with E-state index in [2.05, 4.69) is 44.0 Å². The molecule has 0 bridgehead atoms. The minimum Gasteiger partial charge on any atom is -0.371 e. The predicted molar refractivity (Wildman–Crippen MR) is 87.0 cm³/mol. The zero-order valence-electron chi connectivity index (χ0n) is 12.7. The average molecular weight is 282 g/mol. The van der Waals surface area contributed by atoms with Crippen LogP contribution in [0.3, 0.4) is 0 Å². The first-order valence-electron chi connectivity index (χ1n) is 7.52. The second kappa shape index (κ2) is 6.12. The van der Waals surface area contributed by atoms with Gasteiger partial charge in [0.2, 0.25) is 0 Å². The Labute approximate surface area is 126 Å². The highest BCUT2D eigenvalue weighted by Gasteiger charge is 2.22. The van der Waals surface area contributed by atoms with Crippen LogP contribution in [0.5, 0.6) is 0 Å². The Morgan fingerprint density at radius 1 is 1.14 bits per heavy atom. The summed E-state index contributed by atoms with van der Waals surface area (Å²) in [6.07, 6.45) is 8.15. The van der Waals surface area contributed by atoms with Crippen LogP contribution in [0.2, 0.25) is 0 Å². The molecule has 3 rings (SSSR count). The van der Waals surface area contributed by atoms with Crippen LogP contribution in [0, 0.1) is 0 Å². The van der Waals surface area contributed by atoms with Crippen LogP contribution < -0.4 is 9.80 Å². The maximum Gasteiger partial charge on any atom is 0.128 e. The zero-order chi connectivity index (χ0) is 14.7. The van der Waals surface area contributed by atoms with E-state index in [1.165, 1.54) is 24.1 Å². The summed E-state index contributed by atoms with van der Waals surface area (Å²) < 4.78 is 0. The van der Waals surface area contributed by atoms with Gasteiger partial charge in [-0.2, -0.15) is 0 Å². The Balaban J connectivity index is 1.78. The van der Waals surface area contributed by atoms with Gasteiger partial charge in [0.1, 0.15) is 5.82 Å². The number of aromatic nitrogens is 2. The maximum atomic E-state index is 4.41. The van der Waals surface area contributed by atoms with Gasteiger partial charge in [0.15, 0.2) is 0 Å². The van der Waals surface area contributed by atoms with Gasteiger partial charge in [-0.3, -0.25) is 4.98 Å². The normalized spacial score (nSPS) is 18.6. The van der Waals surface area contributed by atoms with Crippen molar-refractivity contribution in [3.63, 3.8) is 0 Å². The first-order valence-corrected chi connectivity index (χ1v) is 7.52. The Bertz CT molecular complexity index is 582. The number of anilines is 2. The van der Waals surface area contributed by atoms with Crippen molar-refractivity contribution in [3.8, 4) is 0 Å². The van der Waals surface area contributed by atoms with Gasteiger partial charge in [-0.15, -0.1) is 0 Å². The summed E-state index contributed by atoms with van der Waals surface area (Å²) in [4.78, 5) is 13.0. The smallest absolute Gasteiger partial charge is 0.128 e. The molecule has 110 valence electrons. The van der Waals surface area contributed by atoms with E-state index in [4.69, 9.17) is 0 Å². The summed E-state index contributed by atoms with van der Waals surface area (Å²) in [5.74, 6) is 1.61. The number of pyridine rings is 2. The lowest BCUT2D eigenvalue weighted by atomic mass is 9.91. The van der Waals surface area contributed by atoms with E-state index in [1.54, 1.807) is 0 Å². The number of rotatable bonds is 3. The third-order valence-electron chi connectivity index (χ3n) is 4.15. The largest absolute Gasteiger partial charge is 0.371 e. The first kappa shape index (κ1) is 13.9. The van der Waals surface area contributed by atoms with E-state index in [1.807, 2.05) is 32.7 Å². The lowest BCUT2D eigenvalue weighted by Gasteiger charge is -2.34. The summed E-state index contributed by atoms with van der Waals surface area (Å²) in [5, 5.41) is 0. The molecule has 0 radical (unpaired) electrons. The van der Waals surface area contributed by atoms with Crippen LogP contribution in [0.15, 0.2) is 42.9 Å². The summed E-state index contributed by atoms with van der Waals surface area (Å²) in [6, 6.07) is 8.58. The molecular formula is C17H22N4. The van der Waals surface area contributed by atoms with Crippen molar-refractivity contribution in [3.05, 3.63) is 48.4 Å². The molecule has 2 aromatic heterocycles. The SMILES string of the molecule is CN(C)c1cc([C@H]2CCCN(c3ccncc3)C2)ccn1. The van der Waals surface area contributed by atoms with Gasteiger partial charge in [0.25, 0.3) is 0 Å². The van der Waals surface area contributed by atoms with E-state index >= 15 is 0 Å². The highest BCUT2D eigenvalue weighted by molar-refractivity contribution is 5.47. The van der Waals surface area contributed by atoms with E-state index in [9.17, 15) is 0 Å². The molecule has 4 heteroatoms. The summed E-state index contributed by atoms with van der Waals surface area (Å²) in [5.41, 5.74) is 2.67. The van der Waals surface area contributed by atoms with Gasteiger partial charge in [0.05, 0.1) is 0 Å². The minimum absolute atomic E-state index is 0.577. The van der Waals surface area contributed by atoms with Crippen molar-refractivity contribution in [2.75, 3.05) is 37.0 Å². The van der Waals surface area contributed by atoms with Gasteiger partial charge in [-0.25, -0.2) is 4.98 Å². The Morgan fingerprint density at radius 3 is 2.71 bits per heavy atom. The van der Waals surface area contributed by atoms with Gasteiger partial charge in [-0.1, -0.05) is 0 Å². The number of piperidine rings is 1. The molecule has 1 saturated heterocycles. The molecule has 0 aliphatic carbocycles. The van der Waals surface area contributed by atoms with E-state index in [0.29, 0.717) is 5.92 Å². The van der Waals surface area contributed by atoms with Crippen molar-refractivity contribution in [2.24, 2.45) is 0 Å². The van der Waals surface area contributed by atoms with Crippen LogP contribution in [-0.4, -0.2) is 37.2 Å². The molecule has 1 aliphatic heterocycles. The number of hydrogen-bond acceptors (Lipinski definition) is 4. The molecule has 0 amide bonds. The van der Waals surface area contributed by atoms with Gasteiger partial charge in [-0.05, 0) is 42.7 Å². The van der Waals surface area contributed by atoms with Crippen LogP contribution in [0.4, 0.5) is 11.5 Å². The molecule has 21 heavy (non-hydrogen) atoms. The van der Waals surface area contributed by atoms with E-state index < -0.39 is 0 Å². The van der Waals surface area contributed by atoms with Crippen LogP contribution in [0.25, 0.3) is 0 Å². The van der Waals surface area contributed by atoms with Gasteiger partial charge < -0.3 is 9.80 Å². The lowest BCUT2D eigenvalue weighted by molar-refractivity contribution is 0.510. The van der Waals surface area contributed by atoms with Crippen molar-refractivity contribution in [1.82, 2.24) is 9.97 Å². The highest BCUT2D eigenvalue weighted by Crippen LogP contribution is 2.30. The molecular weight excluding hydrogens is 260 g/mol. The van der Waals surface area contributed by atoms with Gasteiger partial charge >= 0.3 is 0 Å². The van der Waals surface area contributed by atoms with Crippen molar-refractivity contribution < 1.29 is 0 Å². The molecule has 0 saturated carbocycles. The third kappa shape index (κ3) is 3.15. The molecule has 0 aromatic carbocycles. The topological polar surface area (TPSA) is 32.3 Å². The number of nitrogens with zero attached hydrogens (tertiary/aromatic N) is 4. The molecule has 0 N–H and O–H groups in total. The fraction of sp³-hybridized carbons (Fsp3) is 0.412. The molecule has 0 spiro atoms.